The molecule has 0 aliphatic heterocycles. The van der Waals surface area contributed by atoms with Crippen LogP contribution in [0.5, 0.6) is 0 Å². The van der Waals surface area contributed by atoms with E-state index in [1.807, 2.05) is 63.5 Å². The van der Waals surface area contributed by atoms with E-state index >= 15 is 0 Å². The van der Waals surface area contributed by atoms with E-state index in [-0.39, 0.29) is 11.9 Å². The van der Waals surface area contributed by atoms with Crippen LogP contribution in [-0.4, -0.2) is 43.1 Å². The summed E-state index contributed by atoms with van der Waals surface area (Å²) in [7, 11) is 0. The van der Waals surface area contributed by atoms with Gasteiger partial charge in [-0.25, -0.2) is 9.97 Å². The number of nitrogens with zero attached hydrogens (tertiary/aromatic N) is 8. The Kier molecular flexibility index (Phi) is 6.22. The molecule has 0 aliphatic rings. The van der Waals surface area contributed by atoms with Crippen LogP contribution >= 0.6 is 11.6 Å². The maximum absolute atomic E-state index is 6.11. The Balaban J connectivity index is 1.84. The van der Waals surface area contributed by atoms with Gasteiger partial charge in [0.15, 0.2) is 0 Å². The highest BCUT2D eigenvalue weighted by Crippen LogP contribution is 2.29. The number of benzene rings is 2. The van der Waals surface area contributed by atoms with Gasteiger partial charge in [0.2, 0.25) is 17.7 Å². The highest BCUT2D eigenvalue weighted by Gasteiger charge is 2.20. The van der Waals surface area contributed by atoms with E-state index in [0.717, 1.165) is 11.1 Å². The molecular weight excluding hydrogens is 492 g/mol. The van der Waals surface area contributed by atoms with E-state index in [1.54, 1.807) is 12.1 Å². The third-order valence-electron chi connectivity index (χ3n) is 5.31. The Labute approximate surface area is 215 Å². The van der Waals surface area contributed by atoms with Crippen molar-refractivity contribution in [3.63, 3.8) is 0 Å². The molecule has 0 spiro atoms. The molecule has 0 saturated carbocycles. The minimum absolute atomic E-state index is 0.166. The van der Waals surface area contributed by atoms with Gasteiger partial charge in [-0.3, -0.25) is 8.80 Å². The lowest BCUT2D eigenvalue weighted by Crippen LogP contribution is -2.21. The summed E-state index contributed by atoms with van der Waals surface area (Å²) in [5.74, 6) is 0.204. The van der Waals surface area contributed by atoms with Crippen molar-refractivity contribution in [2.45, 2.75) is 0 Å². The molecule has 0 bridgehead atoms. The first-order valence-electron chi connectivity index (χ1n) is 10.9. The first-order valence-corrected chi connectivity index (χ1v) is 11.3. The van der Waals surface area contributed by atoms with E-state index in [1.165, 1.54) is 12.4 Å². The third kappa shape index (κ3) is 4.68. The molecule has 0 radical (unpaired) electrons. The topological polar surface area (TPSA) is 188 Å². The highest BCUT2D eigenvalue weighted by molar-refractivity contribution is 6.30. The van der Waals surface area contributed by atoms with Crippen LogP contribution in [0.25, 0.3) is 33.9 Å². The second-order valence-corrected chi connectivity index (χ2v) is 8.22. The number of imidazole rings is 2. The van der Waals surface area contributed by atoms with Crippen LogP contribution in [0.4, 0.5) is 0 Å². The Morgan fingerprint density at radius 3 is 1.97 bits per heavy atom. The van der Waals surface area contributed by atoms with Crippen molar-refractivity contribution in [1.29, 1.82) is 0 Å². The Morgan fingerprint density at radius 2 is 1.32 bits per heavy atom. The molecule has 0 amide bonds. The predicted molar refractivity (Wildman–Crippen MR) is 147 cm³/mol. The molecular formula is C24H21ClN12. The molecule has 184 valence electrons. The van der Waals surface area contributed by atoms with E-state index in [0.29, 0.717) is 39.2 Å². The Bertz CT molecular complexity index is 1700. The van der Waals surface area contributed by atoms with Gasteiger partial charge in [-0.2, -0.15) is 10.2 Å². The molecule has 3 aromatic heterocycles. The fraction of sp³-hybridized carbons (Fsp3) is 0. The van der Waals surface area contributed by atoms with Crippen molar-refractivity contribution in [2.24, 2.45) is 43.3 Å². The van der Waals surface area contributed by atoms with Crippen LogP contribution < -0.4 is 22.9 Å². The SMILES string of the molecule is NC(N)=N/N=C/c1c(-c2ccc(Cl)cc2)nc2n1ccc1nc(-c3ccccc3)c(/C=N/N=C(N)N)n12. The number of hydrogen-bond acceptors (Lipinski definition) is 6. The largest absolute Gasteiger partial charge is 0.369 e. The van der Waals surface area contributed by atoms with Crippen LogP contribution in [0.3, 0.4) is 0 Å². The molecule has 2 aromatic carbocycles. The monoisotopic (exact) mass is 512 g/mol. The summed E-state index contributed by atoms with van der Waals surface area (Å²) in [6.45, 7) is 0. The highest BCUT2D eigenvalue weighted by atomic mass is 35.5. The third-order valence-corrected chi connectivity index (χ3v) is 5.56. The smallest absolute Gasteiger partial charge is 0.221 e. The maximum atomic E-state index is 6.11. The zero-order valence-corrected chi connectivity index (χ0v) is 20.0. The molecule has 3 heterocycles. The standard InChI is InChI=1S/C24H21ClN12/c25-16-8-6-15(7-9-16)20-17(12-30-34-22(26)27)36-11-10-19-32-21(14-4-2-1-3-5-14)18(13-31-35-23(28)29)37(19)24(36)33-20/h1-13H,(H4,26,27,34)(H4,28,29,35)/b30-12+,31-13+. The summed E-state index contributed by atoms with van der Waals surface area (Å²) in [5, 5.41) is 16.2. The quantitative estimate of drug-likeness (QED) is 0.153. The fourth-order valence-corrected chi connectivity index (χ4v) is 3.95. The molecule has 0 atom stereocenters. The predicted octanol–water partition coefficient (Wildman–Crippen LogP) is 2.18. The molecule has 5 aromatic rings. The average Bonchev–Trinajstić information content (AvgIpc) is 3.43. The second kappa shape index (κ2) is 9.79. The molecule has 8 N–H and O–H groups in total. The van der Waals surface area contributed by atoms with Crippen molar-refractivity contribution in [3.8, 4) is 22.5 Å². The number of hydrogen-bond donors (Lipinski definition) is 4. The first-order chi connectivity index (χ1) is 17.9. The summed E-state index contributed by atoms with van der Waals surface area (Å²) in [5.41, 5.74) is 26.7. The van der Waals surface area contributed by atoms with Gasteiger partial charge < -0.3 is 22.9 Å². The number of halogens is 1. The van der Waals surface area contributed by atoms with Gasteiger partial charge in [0.1, 0.15) is 11.3 Å². The average molecular weight is 513 g/mol. The second-order valence-electron chi connectivity index (χ2n) is 7.78. The van der Waals surface area contributed by atoms with Crippen molar-refractivity contribution >= 4 is 47.4 Å². The van der Waals surface area contributed by atoms with Crippen LogP contribution in [0.15, 0.2) is 87.3 Å². The molecule has 12 nitrogen and oxygen atoms in total. The molecule has 13 heteroatoms. The number of rotatable bonds is 6. The summed E-state index contributed by atoms with van der Waals surface area (Å²) in [4.78, 5) is 9.78. The summed E-state index contributed by atoms with van der Waals surface area (Å²) in [6.07, 6.45) is 4.90. The van der Waals surface area contributed by atoms with Gasteiger partial charge in [-0.05, 0) is 18.2 Å². The minimum atomic E-state index is -0.166. The zero-order valence-electron chi connectivity index (χ0n) is 19.3. The van der Waals surface area contributed by atoms with Crippen molar-refractivity contribution in [1.82, 2.24) is 18.8 Å². The molecule has 0 unspecified atom stereocenters. The van der Waals surface area contributed by atoms with Crippen LogP contribution in [-0.2, 0) is 0 Å². The van der Waals surface area contributed by atoms with E-state index in [9.17, 15) is 0 Å². The normalized spacial score (nSPS) is 11.6. The lowest BCUT2D eigenvalue weighted by atomic mass is 10.1. The first kappa shape index (κ1) is 23.5. The Hall–Kier alpha value is -5.23. The van der Waals surface area contributed by atoms with Gasteiger partial charge in [0.05, 0.1) is 29.5 Å². The number of guanidine groups is 2. The lowest BCUT2D eigenvalue weighted by Gasteiger charge is -2.02. The van der Waals surface area contributed by atoms with Crippen LogP contribution in [0, 0.1) is 0 Å². The number of aromatic nitrogens is 4. The molecule has 0 aliphatic carbocycles. The van der Waals surface area contributed by atoms with Gasteiger partial charge in [0.25, 0.3) is 0 Å². The summed E-state index contributed by atoms with van der Waals surface area (Å²) in [6, 6.07) is 18.8. The molecule has 5 rings (SSSR count). The number of nitrogens with two attached hydrogens (primary N) is 4. The van der Waals surface area contributed by atoms with Crippen LogP contribution in [0.1, 0.15) is 11.4 Å². The zero-order chi connectivity index (χ0) is 25.9. The summed E-state index contributed by atoms with van der Waals surface area (Å²) < 4.78 is 3.70. The maximum Gasteiger partial charge on any atom is 0.221 e. The van der Waals surface area contributed by atoms with Gasteiger partial charge in [-0.15, -0.1) is 10.2 Å². The summed E-state index contributed by atoms with van der Waals surface area (Å²) >= 11 is 6.11. The van der Waals surface area contributed by atoms with Crippen molar-refractivity contribution < 1.29 is 0 Å². The van der Waals surface area contributed by atoms with Crippen LogP contribution in [0.2, 0.25) is 5.02 Å². The lowest BCUT2D eigenvalue weighted by molar-refractivity contribution is 1.05. The van der Waals surface area contributed by atoms with Gasteiger partial charge >= 0.3 is 0 Å². The number of fused-ring (bicyclic) bond motifs is 3. The molecule has 0 saturated heterocycles. The van der Waals surface area contributed by atoms with Gasteiger partial charge in [0, 0.05) is 22.3 Å². The van der Waals surface area contributed by atoms with E-state index in [2.05, 4.69) is 20.4 Å². The molecule has 37 heavy (non-hydrogen) atoms. The molecule has 0 fully saturated rings. The Morgan fingerprint density at radius 1 is 0.730 bits per heavy atom. The van der Waals surface area contributed by atoms with Gasteiger partial charge in [-0.1, -0.05) is 54.1 Å². The van der Waals surface area contributed by atoms with Crippen molar-refractivity contribution in [2.75, 3.05) is 0 Å². The fourth-order valence-electron chi connectivity index (χ4n) is 3.82. The van der Waals surface area contributed by atoms with E-state index in [4.69, 9.17) is 44.5 Å². The van der Waals surface area contributed by atoms with E-state index < -0.39 is 0 Å². The minimum Gasteiger partial charge on any atom is -0.369 e. The van der Waals surface area contributed by atoms with Crippen molar-refractivity contribution in [3.05, 3.63) is 83.3 Å².